The molecule has 1 aromatic carbocycles. The zero-order valence-electron chi connectivity index (χ0n) is 12.3. The molecule has 0 radical (unpaired) electrons. The lowest BCUT2D eigenvalue weighted by atomic mass is 9.77. The maximum Gasteiger partial charge on any atom is 0.214 e. The van der Waals surface area contributed by atoms with Gasteiger partial charge in [-0.25, -0.2) is 21.9 Å². The fourth-order valence-corrected chi connectivity index (χ4v) is 3.67. The topological polar surface area (TPSA) is 46.2 Å². The van der Waals surface area contributed by atoms with Gasteiger partial charge in [0.05, 0.1) is 11.3 Å². The third kappa shape index (κ3) is 3.43. The van der Waals surface area contributed by atoms with Crippen LogP contribution < -0.4 is 4.72 Å². The molecular formula is C15H21F2NO2S. The van der Waals surface area contributed by atoms with Crippen LogP contribution in [0.15, 0.2) is 24.3 Å². The number of sulfonamides is 1. The van der Waals surface area contributed by atoms with Gasteiger partial charge in [0.2, 0.25) is 10.0 Å². The fourth-order valence-electron chi connectivity index (χ4n) is 2.69. The summed E-state index contributed by atoms with van der Waals surface area (Å²) in [6, 6.07) is 4.41. The Hall–Kier alpha value is -1.01. The van der Waals surface area contributed by atoms with Gasteiger partial charge in [0.25, 0.3) is 0 Å². The van der Waals surface area contributed by atoms with Crippen LogP contribution >= 0.6 is 0 Å². The van der Waals surface area contributed by atoms with Gasteiger partial charge in [-0.15, -0.1) is 0 Å². The van der Waals surface area contributed by atoms with Crippen LogP contribution in [0.3, 0.4) is 0 Å². The van der Waals surface area contributed by atoms with Gasteiger partial charge in [-0.2, -0.15) is 0 Å². The summed E-state index contributed by atoms with van der Waals surface area (Å²) in [5, 5.41) is -0.614. The first kappa shape index (κ1) is 16.4. The third-order valence-electron chi connectivity index (χ3n) is 4.09. The van der Waals surface area contributed by atoms with Gasteiger partial charge in [0.15, 0.2) is 5.67 Å². The second kappa shape index (κ2) is 6.01. The summed E-state index contributed by atoms with van der Waals surface area (Å²) in [6.45, 7) is 3.12. The first-order chi connectivity index (χ1) is 9.75. The van der Waals surface area contributed by atoms with E-state index in [-0.39, 0.29) is 6.42 Å². The van der Waals surface area contributed by atoms with Crippen molar-refractivity contribution in [1.29, 1.82) is 0 Å². The van der Waals surface area contributed by atoms with Gasteiger partial charge in [-0.05, 0) is 50.8 Å². The third-order valence-corrected chi connectivity index (χ3v) is 5.94. The highest BCUT2D eigenvalue weighted by atomic mass is 32.2. The SMILES string of the molecule is CC(C)S(=O)(=O)N[C@H]1CCCC[C@]1(F)c1ccc(F)cc1. The lowest BCUT2D eigenvalue weighted by Gasteiger charge is -2.38. The number of halogens is 2. The van der Waals surface area contributed by atoms with Gasteiger partial charge in [-0.1, -0.05) is 18.6 Å². The summed E-state index contributed by atoms with van der Waals surface area (Å²) in [5.74, 6) is -0.433. The van der Waals surface area contributed by atoms with E-state index in [2.05, 4.69) is 4.72 Å². The summed E-state index contributed by atoms with van der Waals surface area (Å²) >= 11 is 0. The van der Waals surface area contributed by atoms with Crippen molar-refractivity contribution in [2.75, 3.05) is 0 Å². The van der Waals surface area contributed by atoms with Crippen molar-refractivity contribution in [2.24, 2.45) is 0 Å². The van der Waals surface area contributed by atoms with Crippen molar-refractivity contribution in [3.8, 4) is 0 Å². The molecule has 3 nitrogen and oxygen atoms in total. The van der Waals surface area contributed by atoms with E-state index < -0.39 is 32.8 Å². The number of nitrogens with one attached hydrogen (secondary N) is 1. The molecule has 2 rings (SSSR count). The molecule has 118 valence electrons. The average Bonchev–Trinajstić information content (AvgIpc) is 2.42. The zero-order valence-corrected chi connectivity index (χ0v) is 13.1. The standard InChI is InChI=1S/C15H21F2NO2S/c1-11(2)21(19,20)18-14-5-3-4-10-15(14,17)12-6-8-13(16)9-7-12/h6-9,11,14,18H,3-5,10H2,1-2H3/t14-,15-/m0/s1. The predicted octanol–water partition coefficient (Wildman–Crippen LogP) is 3.26. The maximum atomic E-state index is 15.4. The lowest BCUT2D eigenvalue weighted by Crippen LogP contribution is -2.51. The molecule has 0 spiro atoms. The van der Waals surface area contributed by atoms with E-state index in [1.165, 1.54) is 24.3 Å². The molecule has 1 aliphatic carbocycles. The van der Waals surface area contributed by atoms with Crippen molar-refractivity contribution >= 4 is 10.0 Å². The molecule has 0 aromatic heterocycles. The van der Waals surface area contributed by atoms with E-state index in [9.17, 15) is 12.8 Å². The Kier molecular flexibility index (Phi) is 4.68. The monoisotopic (exact) mass is 317 g/mol. The van der Waals surface area contributed by atoms with Crippen LogP contribution in [0.1, 0.15) is 45.1 Å². The first-order valence-electron chi connectivity index (χ1n) is 7.22. The summed E-state index contributed by atoms with van der Waals surface area (Å²) in [6.07, 6.45) is 2.15. The average molecular weight is 317 g/mol. The van der Waals surface area contributed by atoms with E-state index in [4.69, 9.17) is 0 Å². The largest absolute Gasteiger partial charge is 0.237 e. The molecule has 0 saturated heterocycles. The van der Waals surface area contributed by atoms with Gasteiger partial charge in [-0.3, -0.25) is 0 Å². The van der Waals surface area contributed by atoms with Crippen molar-refractivity contribution in [3.05, 3.63) is 35.6 Å². The quantitative estimate of drug-likeness (QED) is 0.926. The Bertz CT molecular complexity index is 586. The second-order valence-electron chi connectivity index (χ2n) is 5.88. The second-order valence-corrected chi connectivity index (χ2v) is 8.15. The summed E-state index contributed by atoms with van der Waals surface area (Å²) in [4.78, 5) is 0. The number of alkyl halides is 1. The van der Waals surface area contributed by atoms with E-state index in [0.717, 1.165) is 6.42 Å². The van der Waals surface area contributed by atoms with Crippen molar-refractivity contribution in [1.82, 2.24) is 4.72 Å². The highest BCUT2D eigenvalue weighted by molar-refractivity contribution is 7.90. The fraction of sp³-hybridized carbons (Fsp3) is 0.600. The molecule has 1 saturated carbocycles. The molecule has 21 heavy (non-hydrogen) atoms. The molecule has 1 aromatic rings. The Morgan fingerprint density at radius 2 is 1.86 bits per heavy atom. The first-order valence-corrected chi connectivity index (χ1v) is 8.76. The van der Waals surface area contributed by atoms with Crippen LogP contribution in [0.25, 0.3) is 0 Å². The number of rotatable bonds is 4. The van der Waals surface area contributed by atoms with Gasteiger partial charge in [0.1, 0.15) is 5.82 Å². The molecule has 0 unspecified atom stereocenters. The van der Waals surface area contributed by atoms with Crippen LogP contribution in [0, 0.1) is 5.82 Å². The van der Waals surface area contributed by atoms with Gasteiger partial charge >= 0.3 is 0 Å². The highest BCUT2D eigenvalue weighted by Crippen LogP contribution is 2.41. The smallest absolute Gasteiger partial charge is 0.214 e. The highest BCUT2D eigenvalue weighted by Gasteiger charge is 2.44. The van der Waals surface area contributed by atoms with E-state index >= 15 is 4.39 Å². The summed E-state index contributed by atoms with van der Waals surface area (Å²) < 4.78 is 55.0. The molecule has 1 fully saturated rings. The van der Waals surface area contributed by atoms with Gasteiger partial charge in [0, 0.05) is 0 Å². The minimum atomic E-state index is -3.55. The Morgan fingerprint density at radius 1 is 1.24 bits per heavy atom. The number of benzene rings is 1. The summed E-state index contributed by atoms with van der Waals surface area (Å²) in [5.41, 5.74) is -1.45. The number of hydrogen-bond acceptors (Lipinski definition) is 2. The Morgan fingerprint density at radius 3 is 2.43 bits per heavy atom. The lowest BCUT2D eigenvalue weighted by molar-refractivity contribution is 0.0711. The van der Waals surface area contributed by atoms with E-state index in [1.807, 2.05) is 0 Å². The van der Waals surface area contributed by atoms with Crippen molar-refractivity contribution < 1.29 is 17.2 Å². The molecule has 0 heterocycles. The van der Waals surface area contributed by atoms with Crippen molar-refractivity contribution in [3.63, 3.8) is 0 Å². The minimum Gasteiger partial charge on any atom is -0.237 e. The molecule has 1 N–H and O–H groups in total. The predicted molar refractivity (Wildman–Crippen MR) is 78.6 cm³/mol. The molecule has 0 amide bonds. The molecule has 1 aliphatic rings. The van der Waals surface area contributed by atoms with Crippen molar-refractivity contribution in [2.45, 2.75) is 56.5 Å². The van der Waals surface area contributed by atoms with Crippen LogP contribution in [-0.4, -0.2) is 19.7 Å². The minimum absolute atomic E-state index is 0.240. The molecular weight excluding hydrogens is 296 g/mol. The normalized spacial score (nSPS) is 27.0. The van der Waals surface area contributed by atoms with Crippen LogP contribution in [0.2, 0.25) is 0 Å². The molecule has 6 heteroatoms. The van der Waals surface area contributed by atoms with Gasteiger partial charge < -0.3 is 0 Å². The molecule has 0 aliphatic heterocycles. The van der Waals surface area contributed by atoms with E-state index in [0.29, 0.717) is 18.4 Å². The zero-order chi connectivity index (χ0) is 15.7. The number of hydrogen-bond donors (Lipinski definition) is 1. The van der Waals surface area contributed by atoms with Crippen LogP contribution in [0.4, 0.5) is 8.78 Å². The Labute approximate surface area is 124 Å². The molecule has 0 bridgehead atoms. The van der Waals surface area contributed by atoms with Crippen LogP contribution in [0.5, 0.6) is 0 Å². The molecule has 2 atom stereocenters. The van der Waals surface area contributed by atoms with Crippen LogP contribution in [-0.2, 0) is 15.7 Å². The Balaban J connectivity index is 2.32. The maximum absolute atomic E-state index is 15.4. The summed E-state index contributed by atoms with van der Waals surface area (Å²) in [7, 11) is -3.55. The van der Waals surface area contributed by atoms with E-state index in [1.54, 1.807) is 13.8 Å².